The van der Waals surface area contributed by atoms with Crippen molar-refractivity contribution in [2.75, 3.05) is 5.32 Å². The monoisotopic (exact) mass is 501 g/mol. The Morgan fingerprint density at radius 1 is 1.29 bits per heavy atom. The number of nitrogens with one attached hydrogen (secondary N) is 3. The van der Waals surface area contributed by atoms with Gasteiger partial charge in [-0.25, -0.2) is 9.67 Å². The van der Waals surface area contributed by atoms with Crippen LogP contribution in [0.5, 0.6) is 0 Å². The third-order valence-corrected chi connectivity index (χ3v) is 4.73. The molecule has 0 atom stereocenters. The maximum atomic E-state index is 13.1. The van der Waals surface area contributed by atoms with Crippen molar-refractivity contribution < 1.29 is 14.4 Å². The second-order valence-electron chi connectivity index (χ2n) is 6.07. The Bertz CT molecular complexity index is 1240. The zero-order chi connectivity index (χ0) is 22.5. The molecule has 3 rings (SSSR count). The standard InChI is InChI=1S/C19H13BrClN7O3/c1-10-5-11(8-22)6-12(18(30)26-24-9-29)16(10)25-19(31)14-7-15(20)27-28(14)17-13(21)3-2-4-23-17/h2-7,9H,1H3,(H,24,29)(H,25,31)(H,26,30). The second kappa shape index (κ2) is 9.38. The fourth-order valence-electron chi connectivity index (χ4n) is 2.75. The first-order chi connectivity index (χ1) is 14.8. The Labute approximate surface area is 189 Å². The van der Waals surface area contributed by atoms with E-state index in [4.69, 9.17) is 11.6 Å². The van der Waals surface area contributed by atoms with E-state index in [1.54, 1.807) is 19.1 Å². The number of hydrogen-bond acceptors (Lipinski definition) is 6. The second-order valence-corrected chi connectivity index (χ2v) is 7.29. The van der Waals surface area contributed by atoms with Gasteiger partial charge in [0.05, 0.1) is 27.9 Å². The fourth-order valence-corrected chi connectivity index (χ4v) is 3.32. The van der Waals surface area contributed by atoms with Crippen LogP contribution in [0, 0.1) is 18.3 Å². The SMILES string of the molecule is Cc1cc(C#N)cc(C(=O)NNC=O)c1NC(=O)c1cc(Br)nn1-c1ncccc1Cl. The Morgan fingerprint density at radius 3 is 2.74 bits per heavy atom. The van der Waals surface area contributed by atoms with Crippen LogP contribution in [0.15, 0.2) is 41.1 Å². The van der Waals surface area contributed by atoms with E-state index in [1.807, 2.05) is 11.5 Å². The van der Waals surface area contributed by atoms with Crippen LogP contribution in [-0.4, -0.2) is 33.0 Å². The van der Waals surface area contributed by atoms with Crippen LogP contribution >= 0.6 is 27.5 Å². The zero-order valence-electron chi connectivity index (χ0n) is 15.8. The third-order valence-electron chi connectivity index (χ3n) is 4.04. The molecular weight excluding hydrogens is 490 g/mol. The first-order valence-corrected chi connectivity index (χ1v) is 9.75. The van der Waals surface area contributed by atoms with Crippen LogP contribution in [0.3, 0.4) is 0 Å². The molecule has 3 amide bonds. The number of carbonyl (C=O) groups is 3. The minimum absolute atomic E-state index is 0.0137. The number of aromatic nitrogens is 3. The van der Waals surface area contributed by atoms with Crippen molar-refractivity contribution in [2.45, 2.75) is 6.92 Å². The van der Waals surface area contributed by atoms with Crippen LogP contribution in [0.2, 0.25) is 5.02 Å². The fraction of sp³-hybridized carbons (Fsp3) is 0.0526. The van der Waals surface area contributed by atoms with Gasteiger partial charge in [-0.2, -0.15) is 10.4 Å². The number of aryl methyl sites for hydroxylation is 1. The van der Waals surface area contributed by atoms with Crippen LogP contribution in [0.4, 0.5) is 5.69 Å². The molecule has 1 aromatic carbocycles. The first-order valence-electron chi connectivity index (χ1n) is 8.57. The summed E-state index contributed by atoms with van der Waals surface area (Å²) in [4.78, 5) is 40.2. The van der Waals surface area contributed by atoms with E-state index < -0.39 is 11.8 Å². The molecule has 2 heterocycles. The lowest BCUT2D eigenvalue weighted by atomic mass is 10.0. The first kappa shape index (κ1) is 21.9. The van der Waals surface area contributed by atoms with Gasteiger partial charge in [0, 0.05) is 12.3 Å². The molecule has 0 aliphatic carbocycles. The highest BCUT2D eigenvalue weighted by Crippen LogP contribution is 2.26. The van der Waals surface area contributed by atoms with E-state index in [1.165, 1.54) is 29.1 Å². The van der Waals surface area contributed by atoms with Gasteiger partial charge in [0.15, 0.2) is 5.82 Å². The van der Waals surface area contributed by atoms with Gasteiger partial charge < -0.3 is 5.32 Å². The van der Waals surface area contributed by atoms with E-state index in [0.29, 0.717) is 10.2 Å². The van der Waals surface area contributed by atoms with Crippen LogP contribution < -0.4 is 16.2 Å². The highest BCUT2D eigenvalue weighted by molar-refractivity contribution is 9.10. The topological polar surface area (TPSA) is 142 Å². The van der Waals surface area contributed by atoms with Crippen molar-refractivity contribution in [3.63, 3.8) is 0 Å². The van der Waals surface area contributed by atoms with E-state index in [9.17, 15) is 19.6 Å². The summed E-state index contributed by atoms with van der Waals surface area (Å²) < 4.78 is 1.62. The summed E-state index contributed by atoms with van der Waals surface area (Å²) in [5.74, 6) is -1.08. The Kier molecular flexibility index (Phi) is 6.64. The van der Waals surface area contributed by atoms with E-state index in [0.717, 1.165) is 0 Å². The molecule has 156 valence electrons. The lowest BCUT2D eigenvalue weighted by Gasteiger charge is -2.15. The molecule has 31 heavy (non-hydrogen) atoms. The van der Waals surface area contributed by atoms with Gasteiger partial charge in [-0.3, -0.25) is 25.2 Å². The molecule has 3 N–H and O–H groups in total. The summed E-state index contributed by atoms with van der Waals surface area (Å²) in [7, 11) is 0. The minimum Gasteiger partial charge on any atom is -0.320 e. The summed E-state index contributed by atoms with van der Waals surface area (Å²) in [6.45, 7) is 1.63. The molecule has 0 aliphatic heterocycles. The van der Waals surface area contributed by atoms with Crippen molar-refractivity contribution >= 4 is 51.4 Å². The van der Waals surface area contributed by atoms with Gasteiger partial charge in [0.25, 0.3) is 11.8 Å². The van der Waals surface area contributed by atoms with Gasteiger partial charge in [-0.05, 0) is 52.7 Å². The number of halogens is 2. The number of anilines is 1. The van der Waals surface area contributed by atoms with E-state index >= 15 is 0 Å². The molecule has 0 aliphatic rings. The molecule has 2 aromatic heterocycles. The molecule has 0 saturated carbocycles. The van der Waals surface area contributed by atoms with Gasteiger partial charge in [-0.1, -0.05) is 11.6 Å². The maximum absolute atomic E-state index is 13.1. The van der Waals surface area contributed by atoms with Gasteiger partial charge in [0.2, 0.25) is 6.41 Å². The van der Waals surface area contributed by atoms with Crippen molar-refractivity contribution in [3.05, 3.63) is 68.5 Å². The van der Waals surface area contributed by atoms with Gasteiger partial charge in [-0.15, -0.1) is 0 Å². The quantitative estimate of drug-likeness (QED) is 0.349. The Hall–Kier alpha value is -3.75. The minimum atomic E-state index is -0.718. The molecule has 3 aromatic rings. The predicted molar refractivity (Wildman–Crippen MR) is 115 cm³/mol. The molecule has 0 fully saturated rings. The normalized spacial score (nSPS) is 10.1. The Balaban J connectivity index is 2.04. The Morgan fingerprint density at radius 2 is 2.06 bits per heavy atom. The number of benzene rings is 1. The summed E-state index contributed by atoms with van der Waals surface area (Å²) in [5, 5.41) is 16.4. The highest BCUT2D eigenvalue weighted by atomic mass is 79.9. The maximum Gasteiger partial charge on any atom is 0.274 e. The highest BCUT2D eigenvalue weighted by Gasteiger charge is 2.22. The molecule has 0 bridgehead atoms. The summed E-state index contributed by atoms with van der Waals surface area (Å²) >= 11 is 9.42. The predicted octanol–water partition coefficient (Wildman–Crippen LogP) is 2.51. The van der Waals surface area contributed by atoms with Crippen molar-refractivity contribution in [1.29, 1.82) is 5.26 Å². The molecule has 0 spiro atoms. The molecule has 0 unspecified atom stereocenters. The van der Waals surface area contributed by atoms with E-state index in [2.05, 4.69) is 36.8 Å². The summed E-state index contributed by atoms with van der Waals surface area (Å²) in [6, 6.07) is 9.47. The molecular formula is C19H13BrClN7O3. The molecule has 0 saturated heterocycles. The molecule has 10 nitrogen and oxygen atoms in total. The number of amides is 3. The van der Waals surface area contributed by atoms with Gasteiger partial charge in [0.1, 0.15) is 10.3 Å². The number of nitriles is 1. The summed E-state index contributed by atoms with van der Waals surface area (Å²) in [5.41, 5.74) is 5.10. The lowest BCUT2D eigenvalue weighted by molar-refractivity contribution is -0.110. The lowest BCUT2D eigenvalue weighted by Crippen LogP contribution is -2.37. The van der Waals surface area contributed by atoms with Crippen molar-refractivity contribution in [2.24, 2.45) is 0 Å². The number of hydrazine groups is 1. The van der Waals surface area contributed by atoms with E-state index in [-0.39, 0.29) is 39.8 Å². The van der Waals surface area contributed by atoms with Crippen LogP contribution in [0.25, 0.3) is 5.82 Å². The number of carbonyl (C=O) groups excluding carboxylic acids is 3. The zero-order valence-corrected chi connectivity index (χ0v) is 18.2. The summed E-state index contributed by atoms with van der Waals surface area (Å²) in [6.07, 6.45) is 1.79. The van der Waals surface area contributed by atoms with Crippen LogP contribution in [-0.2, 0) is 4.79 Å². The average molecular weight is 503 g/mol. The number of rotatable bonds is 6. The third kappa shape index (κ3) is 4.71. The molecule has 12 heteroatoms. The average Bonchev–Trinajstić information content (AvgIpc) is 3.14. The van der Waals surface area contributed by atoms with Crippen LogP contribution in [0.1, 0.15) is 32.0 Å². The molecule has 0 radical (unpaired) electrons. The van der Waals surface area contributed by atoms with Gasteiger partial charge >= 0.3 is 0 Å². The van der Waals surface area contributed by atoms with Crippen molar-refractivity contribution in [3.8, 4) is 11.9 Å². The van der Waals surface area contributed by atoms with Crippen molar-refractivity contribution in [1.82, 2.24) is 25.6 Å². The largest absolute Gasteiger partial charge is 0.320 e. The number of pyridine rings is 1. The number of hydrogen-bond donors (Lipinski definition) is 3. The smallest absolute Gasteiger partial charge is 0.274 e. The number of nitrogens with zero attached hydrogens (tertiary/aromatic N) is 4.